The first-order valence-corrected chi connectivity index (χ1v) is 8.03. The molecule has 3 aliphatic rings. The van der Waals surface area contributed by atoms with Gasteiger partial charge in [-0.05, 0) is 42.4 Å². The number of nitrogens with zero attached hydrogens (tertiary/aromatic N) is 1. The normalized spacial score (nSPS) is 29.5. The van der Waals surface area contributed by atoms with Crippen LogP contribution in [0.15, 0.2) is 66.9 Å². The molecule has 110 valence electrons. The lowest BCUT2D eigenvalue weighted by molar-refractivity contribution is 0.0765. The van der Waals surface area contributed by atoms with E-state index in [1.54, 1.807) is 6.20 Å². The molecule has 2 nitrogen and oxygen atoms in total. The lowest BCUT2D eigenvalue weighted by Gasteiger charge is -2.44. The highest BCUT2D eigenvalue weighted by molar-refractivity contribution is 5.97. The van der Waals surface area contributed by atoms with E-state index < -0.39 is 0 Å². The summed E-state index contributed by atoms with van der Waals surface area (Å²) in [7, 11) is 0. The van der Waals surface area contributed by atoms with Crippen LogP contribution in [0.2, 0.25) is 0 Å². The molecule has 2 aromatic rings. The molecular weight excluding hydrogens is 270 g/mol. The maximum atomic E-state index is 13.1. The van der Waals surface area contributed by atoms with Crippen molar-refractivity contribution in [2.24, 2.45) is 17.8 Å². The Balaban J connectivity index is 1.75. The van der Waals surface area contributed by atoms with Crippen molar-refractivity contribution in [3.8, 4) is 0 Å². The molecule has 1 aromatic heterocycles. The standard InChI is InChI=1S/C20H19NO/c22-20(17-8-4-5-13-21-17)19-16-11-9-15(10-12-16)18(19)14-6-2-1-3-7-14/h1-9,11,13,15-16,18-19H,10,12H2/t15-,16+,18+,19+/m1/s1. The van der Waals surface area contributed by atoms with Crippen LogP contribution in [0.3, 0.4) is 0 Å². The summed E-state index contributed by atoms with van der Waals surface area (Å²) in [6.45, 7) is 0. The number of rotatable bonds is 3. The number of pyridine rings is 1. The Morgan fingerprint density at radius 2 is 1.64 bits per heavy atom. The highest BCUT2D eigenvalue weighted by Gasteiger charge is 2.45. The van der Waals surface area contributed by atoms with Gasteiger partial charge < -0.3 is 0 Å². The minimum absolute atomic E-state index is 0.0287. The fourth-order valence-corrected chi connectivity index (χ4v) is 4.16. The molecule has 0 aliphatic heterocycles. The van der Waals surface area contributed by atoms with E-state index in [0.717, 1.165) is 6.42 Å². The van der Waals surface area contributed by atoms with Crippen LogP contribution >= 0.6 is 0 Å². The van der Waals surface area contributed by atoms with E-state index in [0.29, 0.717) is 23.4 Å². The van der Waals surface area contributed by atoms with Gasteiger partial charge in [-0.1, -0.05) is 48.6 Å². The summed E-state index contributed by atoms with van der Waals surface area (Å²) in [5.41, 5.74) is 1.89. The molecule has 1 heterocycles. The van der Waals surface area contributed by atoms with Crippen molar-refractivity contribution in [1.82, 2.24) is 4.98 Å². The fourth-order valence-electron chi connectivity index (χ4n) is 4.16. The molecule has 1 saturated carbocycles. The number of carbonyl (C=O) groups is 1. The van der Waals surface area contributed by atoms with E-state index in [4.69, 9.17) is 0 Å². The van der Waals surface area contributed by atoms with Crippen molar-refractivity contribution >= 4 is 5.78 Å². The molecule has 4 atom stereocenters. The summed E-state index contributed by atoms with van der Waals surface area (Å²) in [5, 5.41) is 0. The zero-order valence-electron chi connectivity index (χ0n) is 12.4. The van der Waals surface area contributed by atoms with Crippen molar-refractivity contribution in [1.29, 1.82) is 0 Å². The molecule has 0 N–H and O–H groups in total. The van der Waals surface area contributed by atoms with E-state index in [1.807, 2.05) is 24.3 Å². The second-order valence-electron chi connectivity index (χ2n) is 6.33. The summed E-state index contributed by atoms with van der Waals surface area (Å²) in [5.74, 6) is 1.35. The van der Waals surface area contributed by atoms with E-state index in [2.05, 4.69) is 41.4 Å². The Kier molecular flexibility index (Phi) is 3.38. The molecule has 0 unspecified atom stereocenters. The van der Waals surface area contributed by atoms with Crippen LogP contribution in [0.5, 0.6) is 0 Å². The smallest absolute Gasteiger partial charge is 0.185 e. The highest BCUT2D eigenvalue weighted by Crippen LogP contribution is 2.50. The zero-order chi connectivity index (χ0) is 14.9. The Morgan fingerprint density at radius 1 is 0.909 bits per heavy atom. The van der Waals surface area contributed by atoms with Gasteiger partial charge >= 0.3 is 0 Å². The average molecular weight is 289 g/mol. The van der Waals surface area contributed by atoms with E-state index in [-0.39, 0.29) is 11.7 Å². The molecule has 0 saturated heterocycles. The molecule has 2 bridgehead atoms. The summed E-state index contributed by atoms with van der Waals surface area (Å²) in [6, 6.07) is 16.1. The van der Waals surface area contributed by atoms with Gasteiger partial charge in [0.05, 0.1) is 0 Å². The first-order valence-electron chi connectivity index (χ1n) is 8.03. The van der Waals surface area contributed by atoms with Crippen molar-refractivity contribution in [3.05, 3.63) is 78.1 Å². The minimum atomic E-state index is 0.0287. The molecular formula is C20H19NO. The molecule has 0 spiro atoms. The number of ketones is 1. The number of fused-ring (bicyclic) bond motifs is 2. The van der Waals surface area contributed by atoms with Crippen LogP contribution in [-0.2, 0) is 0 Å². The lowest BCUT2D eigenvalue weighted by Crippen LogP contribution is -2.40. The number of aromatic nitrogens is 1. The quantitative estimate of drug-likeness (QED) is 0.624. The summed E-state index contributed by atoms with van der Waals surface area (Å²) < 4.78 is 0. The molecule has 1 aromatic carbocycles. The summed E-state index contributed by atoms with van der Waals surface area (Å²) in [6.07, 6.45) is 8.61. The second-order valence-corrected chi connectivity index (χ2v) is 6.33. The number of allylic oxidation sites excluding steroid dienone is 2. The van der Waals surface area contributed by atoms with Crippen LogP contribution in [0.4, 0.5) is 0 Å². The average Bonchev–Trinajstić information content (AvgIpc) is 2.63. The SMILES string of the molecule is O=C(c1ccccn1)[C@@H]1[C@@H](c2ccccc2)[C@@H]2C=C[C@H]1CC2. The summed E-state index contributed by atoms with van der Waals surface area (Å²) >= 11 is 0. The van der Waals surface area contributed by atoms with Gasteiger partial charge in [-0.3, -0.25) is 9.78 Å². The van der Waals surface area contributed by atoms with Gasteiger partial charge in [-0.2, -0.15) is 0 Å². The van der Waals surface area contributed by atoms with Crippen LogP contribution in [0.1, 0.15) is 34.8 Å². The number of hydrogen-bond donors (Lipinski definition) is 0. The van der Waals surface area contributed by atoms with Crippen LogP contribution in [0.25, 0.3) is 0 Å². The maximum absolute atomic E-state index is 13.1. The molecule has 5 rings (SSSR count). The van der Waals surface area contributed by atoms with Gasteiger partial charge in [0.15, 0.2) is 5.78 Å². The molecule has 2 heteroatoms. The third-order valence-corrected chi connectivity index (χ3v) is 5.15. The predicted molar refractivity (Wildman–Crippen MR) is 86.6 cm³/mol. The van der Waals surface area contributed by atoms with Gasteiger partial charge in [0.25, 0.3) is 0 Å². The first-order chi connectivity index (χ1) is 10.8. The Hall–Kier alpha value is -2.22. The van der Waals surface area contributed by atoms with Crippen molar-refractivity contribution in [2.45, 2.75) is 18.8 Å². The van der Waals surface area contributed by atoms with Gasteiger partial charge in [0, 0.05) is 18.0 Å². The Labute approximate surface area is 130 Å². The van der Waals surface area contributed by atoms with Gasteiger partial charge in [-0.25, -0.2) is 0 Å². The van der Waals surface area contributed by atoms with E-state index >= 15 is 0 Å². The number of Topliss-reactive ketones (excluding diaryl/α,β-unsaturated/α-hetero) is 1. The van der Waals surface area contributed by atoms with Crippen molar-refractivity contribution in [3.63, 3.8) is 0 Å². The molecule has 0 amide bonds. The van der Waals surface area contributed by atoms with Crippen LogP contribution in [0, 0.1) is 17.8 Å². The Bertz CT molecular complexity index is 692. The molecule has 22 heavy (non-hydrogen) atoms. The number of carbonyl (C=O) groups excluding carboxylic acids is 1. The van der Waals surface area contributed by atoms with Crippen LogP contribution < -0.4 is 0 Å². The van der Waals surface area contributed by atoms with Crippen LogP contribution in [-0.4, -0.2) is 10.8 Å². The second kappa shape index (κ2) is 5.53. The predicted octanol–water partition coefficient (Wildman–Crippen LogP) is 4.26. The molecule has 3 aliphatic carbocycles. The van der Waals surface area contributed by atoms with Crippen molar-refractivity contribution < 1.29 is 4.79 Å². The maximum Gasteiger partial charge on any atom is 0.185 e. The molecule has 1 fully saturated rings. The largest absolute Gasteiger partial charge is 0.292 e. The lowest BCUT2D eigenvalue weighted by atomic mass is 9.59. The molecule has 0 radical (unpaired) electrons. The number of hydrogen-bond acceptors (Lipinski definition) is 2. The summed E-state index contributed by atoms with van der Waals surface area (Å²) in [4.78, 5) is 17.4. The van der Waals surface area contributed by atoms with Crippen molar-refractivity contribution in [2.75, 3.05) is 0 Å². The van der Waals surface area contributed by atoms with E-state index in [9.17, 15) is 4.79 Å². The zero-order valence-corrected chi connectivity index (χ0v) is 12.4. The fraction of sp³-hybridized carbons (Fsp3) is 0.300. The minimum Gasteiger partial charge on any atom is -0.292 e. The first kappa shape index (κ1) is 13.4. The monoisotopic (exact) mass is 289 g/mol. The van der Waals surface area contributed by atoms with Gasteiger partial charge in [-0.15, -0.1) is 0 Å². The third kappa shape index (κ3) is 2.19. The Morgan fingerprint density at radius 3 is 2.32 bits per heavy atom. The topological polar surface area (TPSA) is 30.0 Å². The van der Waals surface area contributed by atoms with Gasteiger partial charge in [0.1, 0.15) is 5.69 Å². The van der Waals surface area contributed by atoms with E-state index in [1.165, 1.54) is 12.0 Å². The highest BCUT2D eigenvalue weighted by atomic mass is 16.1. The number of benzene rings is 1. The third-order valence-electron chi connectivity index (χ3n) is 5.15. The van der Waals surface area contributed by atoms with Gasteiger partial charge in [0.2, 0.25) is 0 Å².